The zero-order valence-electron chi connectivity index (χ0n) is 4.11. The van der Waals surface area contributed by atoms with Crippen LogP contribution in [0.3, 0.4) is 0 Å². The quantitative estimate of drug-likeness (QED) is 0.288. The van der Waals surface area contributed by atoms with E-state index >= 15 is 0 Å². The van der Waals surface area contributed by atoms with E-state index in [1.807, 2.05) is 0 Å². The summed E-state index contributed by atoms with van der Waals surface area (Å²) in [5, 5.41) is 0. The molecule has 0 aliphatic rings. The second-order valence-corrected chi connectivity index (χ2v) is 3.59. The second kappa shape index (κ2) is 5.44. The van der Waals surface area contributed by atoms with Crippen LogP contribution in [0.2, 0.25) is 9.10 Å². The lowest BCUT2D eigenvalue weighted by Crippen LogP contribution is -1.83. The third-order valence-electron chi connectivity index (χ3n) is 0.676. The van der Waals surface area contributed by atoms with Crippen LogP contribution in [0.4, 0.5) is 0 Å². The number of carbonyl (C=O) groups is 1. The molecular weight excluding hydrogens is 88.3 g/mol. The Morgan fingerprint density at radius 3 is 2.67 bits per heavy atom. The van der Waals surface area contributed by atoms with Gasteiger partial charge in [0.05, 0.1) is 6.29 Å². The molecule has 0 amide bonds. The van der Waals surface area contributed by atoms with Crippen molar-refractivity contribution in [2.45, 2.75) is 16.0 Å². The van der Waals surface area contributed by atoms with E-state index < -0.39 is 0 Å². The summed E-state index contributed by atoms with van der Waals surface area (Å²) in [5.41, 5.74) is 0. The van der Waals surface area contributed by atoms with Gasteiger partial charge in [0.15, 0.2) is 0 Å². The topological polar surface area (TPSA) is 17.1 Å². The SMILES string of the molecule is C[CH2][Mg][CH2]C=O. The van der Waals surface area contributed by atoms with Gasteiger partial charge in [0.1, 0.15) is 0 Å². The van der Waals surface area contributed by atoms with Crippen LogP contribution in [0.25, 0.3) is 0 Å². The molecule has 0 aliphatic carbocycles. The van der Waals surface area contributed by atoms with Crippen LogP contribution in [0.15, 0.2) is 0 Å². The first-order valence-corrected chi connectivity index (χ1v) is 4.35. The minimum atomic E-state index is 0.0536. The second-order valence-electron chi connectivity index (χ2n) is 1.31. The molecule has 0 aromatic carbocycles. The van der Waals surface area contributed by atoms with Gasteiger partial charge in [-0.3, -0.25) is 0 Å². The molecule has 6 heavy (non-hydrogen) atoms. The summed E-state index contributed by atoms with van der Waals surface area (Å²) in [6.07, 6.45) is 1.02. The highest BCUT2D eigenvalue weighted by Gasteiger charge is 1.84. The van der Waals surface area contributed by atoms with Crippen molar-refractivity contribution in [3.8, 4) is 0 Å². The van der Waals surface area contributed by atoms with E-state index in [0.29, 0.717) is 0 Å². The van der Waals surface area contributed by atoms with Crippen LogP contribution in [-0.2, 0) is 4.79 Å². The largest absolute Gasteiger partial charge is 0.374 e. The van der Waals surface area contributed by atoms with E-state index in [1.165, 1.54) is 4.55 Å². The number of hydrogen-bond acceptors (Lipinski definition) is 1. The normalized spacial score (nSPS) is 6.83. The zero-order chi connectivity index (χ0) is 4.83. The van der Waals surface area contributed by atoms with Gasteiger partial charge in [0, 0.05) is 0 Å². The first-order valence-electron chi connectivity index (χ1n) is 2.35. The number of carbonyl (C=O) groups excluding carboxylic acids is 1. The molecule has 0 aromatic heterocycles. The minimum Gasteiger partial charge on any atom is -0.306 e. The predicted octanol–water partition coefficient (Wildman–Crippen LogP) is 0.746. The Hall–Kier alpha value is 0.436. The molecule has 0 radical (unpaired) electrons. The summed E-state index contributed by atoms with van der Waals surface area (Å²) in [7, 11) is 0. The molecule has 1 nitrogen and oxygen atoms in total. The van der Waals surface area contributed by atoms with E-state index in [4.69, 9.17) is 0 Å². The van der Waals surface area contributed by atoms with Crippen molar-refractivity contribution in [1.29, 1.82) is 0 Å². The van der Waals surface area contributed by atoms with Gasteiger partial charge >= 0.3 is 20.4 Å². The summed E-state index contributed by atoms with van der Waals surface area (Å²) < 4.78 is 2.13. The number of hydrogen-bond donors (Lipinski definition) is 0. The molecule has 0 spiro atoms. The third-order valence-corrected chi connectivity index (χ3v) is 2.03. The molecule has 0 unspecified atom stereocenters. The van der Waals surface area contributed by atoms with Crippen LogP contribution >= 0.6 is 0 Å². The fourth-order valence-electron chi connectivity index (χ4n) is 0.287. The van der Waals surface area contributed by atoms with E-state index in [0.717, 1.165) is 10.8 Å². The van der Waals surface area contributed by atoms with Crippen molar-refractivity contribution in [3.63, 3.8) is 0 Å². The monoisotopic (exact) mass is 96.0 g/mol. The van der Waals surface area contributed by atoms with Gasteiger partial charge in [-0.25, -0.2) is 0 Å². The van der Waals surface area contributed by atoms with Crippen molar-refractivity contribution in [2.24, 2.45) is 0 Å². The summed E-state index contributed by atoms with van der Waals surface area (Å²) in [6.45, 7) is 2.13. The lowest BCUT2D eigenvalue weighted by Gasteiger charge is -1.72. The molecule has 0 bridgehead atoms. The highest BCUT2D eigenvalue weighted by molar-refractivity contribution is 6.39. The standard InChI is InChI=1S/C2H3O.C2H5.Mg/c1-2-3;1-2;/h2H,1H2;1H2,2H3;. The van der Waals surface area contributed by atoms with Crippen molar-refractivity contribution in [3.05, 3.63) is 0 Å². The Kier molecular flexibility index (Phi) is 5.83. The highest BCUT2D eigenvalue weighted by Crippen LogP contribution is 1.75. The van der Waals surface area contributed by atoms with Gasteiger partial charge in [-0.1, -0.05) is 11.5 Å². The first kappa shape index (κ1) is 6.44. The number of aldehydes is 1. The van der Waals surface area contributed by atoms with Crippen LogP contribution in [0.5, 0.6) is 0 Å². The fraction of sp³-hybridized carbons (Fsp3) is 0.750. The van der Waals surface area contributed by atoms with Gasteiger partial charge in [-0.15, -0.1) is 4.55 Å². The van der Waals surface area contributed by atoms with E-state index in [1.54, 1.807) is 0 Å². The van der Waals surface area contributed by atoms with Gasteiger partial charge in [-0.2, -0.15) is 0 Å². The molecule has 0 fully saturated rings. The lowest BCUT2D eigenvalue weighted by atomic mass is 10.9. The fourth-order valence-corrected chi connectivity index (χ4v) is 0.862. The van der Waals surface area contributed by atoms with Crippen LogP contribution in [-0.4, -0.2) is 26.7 Å². The molecule has 0 rings (SSSR count). The predicted molar refractivity (Wildman–Crippen MR) is 27.1 cm³/mol. The maximum absolute atomic E-state index is 9.60. The van der Waals surface area contributed by atoms with Crippen LogP contribution < -0.4 is 0 Å². The average molecular weight is 96.4 g/mol. The van der Waals surface area contributed by atoms with Gasteiger partial charge < -0.3 is 4.79 Å². The maximum atomic E-state index is 9.60. The van der Waals surface area contributed by atoms with Crippen molar-refractivity contribution in [2.75, 3.05) is 0 Å². The van der Waals surface area contributed by atoms with Crippen molar-refractivity contribution >= 4 is 26.7 Å². The Labute approximate surface area is 47.8 Å². The molecule has 0 aliphatic heterocycles. The molecular formula is C4H8MgO. The summed E-state index contributed by atoms with van der Waals surface area (Å²) >= 11 is 0.0536. The molecule has 0 saturated carbocycles. The van der Waals surface area contributed by atoms with Crippen LogP contribution in [0, 0.1) is 0 Å². The van der Waals surface area contributed by atoms with Crippen molar-refractivity contribution in [1.82, 2.24) is 0 Å². The van der Waals surface area contributed by atoms with E-state index in [2.05, 4.69) is 6.92 Å². The third kappa shape index (κ3) is 4.44. The summed E-state index contributed by atoms with van der Waals surface area (Å²) in [6, 6.07) is 0. The maximum Gasteiger partial charge on any atom is 0.374 e. The minimum absolute atomic E-state index is 0.0536. The summed E-state index contributed by atoms with van der Waals surface area (Å²) in [5.74, 6) is 0. The van der Waals surface area contributed by atoms with Crippen LogP contribution in [0.1, 0.15) is 6.92 Å². The Bertz CT molecular complexity index is 36.5. The van der Waals surface area contributed by atoms with Gasteiger partial charge in [0.25, 0.3) is 0 Å². The van der Waals surface area contributed by atoms with E-state index in [-0.39, 0.29) is 20.4 Å². The molecule has 0 atom stereocenters. The van der Waals surface area contributed by atoms with E-state index in [9.17, 15) is 4.79 Å². The first-order chi connectivity index (χ1) is 2.91. The van der Waals surface area contributed by atoms with Crippen molar-refractivity contribution < 1.29 is 4.79 Å². The molecule has 0 N–H and O–H groups in total. The Morgan fingerprint density at radius 2 is 2.50 bits per heavy atom. The zero-order valence-corrected chi connectivity index (χ0v) is 5.52. The molecule has 0 aromatic rings. The van der Waals surface area contributed by atoms with Gasteiger partial charge in [0.2, 0.25) is 0 Å². The Balaban J connectivity index is 2.49. The highest BCUT2D eigenvalue weighted by atomic mass is 24.5. The molecule has 32 valence electrons. The van der Waals surface area contributed by atoms with Gasteiger partial charge in [-0.05, 0) is 0 Å². The lowest BCUT2D eigenvalue weighted by molar-refractivity contribution is -0.106. The smallest absolute Gasteiger partial charge is 0.306 e. The molecule has 2 heteroatoms. The Morgan fingerprint density at radius 1 is 1.83 bits per heavy atom. The summed E-state index contributed by atoms with van der Waals surface area (Å²) in [4.78, 5) is 9.60. The number of rotatable bonds is 3. The molecule has 0 saturated heterocycles. The average Bonchev–Trinajstić information content (AvgIpc) is 1.61. The molecule has 0 heterocycles.